The van der Waals surface area contributed by atoms with Gasteiger partial charge in [-0.25, -0.2) is 0 Å². The Morgan fingerprint density at radius 1 is 1.22 bits per heavy atom. The maximum atomic E-state index is 12.0. The Balaban J connectivity index is 2.16. The fourth-order valence-electron chi connectivity index (χ4n) is 1.97. The van der Waals surface area contributed by atoms with Gasteiger partial charge in [-0.15, -0.1) is 0 Å². The molecule has 0 fully saturated rings. The van der Waals surface area contributed by atoms with Crippen molar-refractivity contribution < 1.29 is 9.21 Å². The summed E-state index contributed by atoms with van der Waals surface area (Å²) in [5, 5.41) is 0. The van der Waals surface area contributed by atoms with Crippen LogP contribution in [0.1, 0.15) is 23.0 Å². The third-order valence-electron chi connectivity index (χ3n) is 2.97. The highest BCUT2D eigenvalue weighted by Gasteiger charge is 2.14. The third kappa shape index (κ3) is 2.62. The van der Waals surface area contributed by atoms with Crippen LogP contribution >= 0.6 is 0 Å². The Morgan fingerprint density at radius 3 is 2.61 bits per heavy atom. The zero-order chi connectivity index (χ0) is 13.0. The summed E-state index contributed by atoms with van der Waals surface area (Å²) in [5.74, 6) is 0.423. The van der Waals surface area contributed by atoms with Gasteiger partial charge in [-0.05, 0) is 37.6 Å². The zero-order valence-electron chi connectivity index (χ0n) is 10.7. The van der Waals surface area contributed by atoms with Crippen molar-refractivity contribution in [3.63, 3.8) is 0 Å². The van der Waals surface area contributed by atoms with E-state index in [1.54, 1.807) is 12.1 Å². The molecule has 0 atom stereocenters. The fourth-order valence-corrected chi connectivity index (χ4v) is 1.97. The summed E-state index contributed by atoms with van der Waals surface area (Å²) in [6.45, 7) is 5.23. The van der Waals surface area contributed by atoms with Crippen molar-refractivity contribution in [3.05, 3.63) is 54.0 Å². The van der Waals surface area contributed by atoms with Gasteiger partial charge in [0.1, 0.15) is 0 Å². The normalized spacial score (nSPS) is 10.3. The number of rotatable bonds is 5. The number of nitrogens with zero attached hydrogens (tertiary/aromatic N) is 1. The average Bonchev–Trinajstić information content (AvgIpc) is 2.90. The number of hydrogen-bond acceptors (Lipinski definition) is 3. The summed E-state index contributed by atoms with van der Waals surface area (Å²) >= 11 is 0. The Hall–Kier alpha value is -2.03. The highest BCUT2D eigenvalue weighted by molar-refractivity contribution is 5.96. The molecular formula is C15H17NO2. The first-order chi connectivity index (χ1) is 8.72. The van der Waals surface area contributed by atoms with E-state index in [0.717, 1.165) is 12.2 Å². The highest BCUT2D eigenvalue weighted by atomic mass is 16.3. The fraction of sp³-hybridized carbons (Fsp3) is 0.267. The molecule has 1 aromatic heterocycles. The predicted molar refractivity (Wildman–Crippen MR) is 72.1 cm³/mol. The number of ketones is 1. The molecule has 2 aromatic rings. The lowest BCUT2D eigenvalue weighted by molar-refractivity contribution is 0.0973. The van der Waals surface area contributed by atoms with E-state index in [1.807, 2.05) is 25.1 Å². The van der Waals surface area contributed by atoms with Crippen LogP contribution in [0.5, 0.6) is 0 Å². The maximum Gasteiger partial charge on any atom is 0.217 e. The molecule has 3 nitrogen and oxygen atoms in total. The van der Waals surface area contributed by atoms with Gasteiger partial charge < -0.3 is 9.32 Å². The molecule has 0 unspecified atom stereocenters. The quantitative estimate of drug-likeness (QED) is 0.755. The van der Waals surface area contributed by atoms with Crippen LogP contribution in [0.25, 0.3) is 0 Å². The van der Waals surface area contributed by atoms with E-state index in [4.69, 9.17) is 4.42 Å². The molecule has 0 aliphatic carbocycles. The Bertz CT molecular complexity index is 517. The molecule has 1 aromatic carbocycles. The summed E-state index contributed by atoms with van der Waals surface area (Å²) in [7, 11) is 0. The minimum atomic E-state index is 0.00473. The second kappa shape index (κ2) is 5.54. The predicted octanol–water partition coefficient (Wildman–Crippen LogP) is 3.30. The smallest absolute Gasteiger partial charge is 0.217 e. The van der Waals surface area contributed by atoms with Gasteiger partial charge in [-0.2, -0.15) is 0 Å². The minimum Gasteiger partial charge on any atom is -0.461 e. The molecule has 18 heavy (non-hydrogen) atoms. The van der Waals surface area contributed by atoms with Crippen LogP contribution in [0.4, 0.5) is 5.69 Å². The van der Waals surface area contributed by atoms with Crippen molar-refractivity contribution in [1.82, 2.24) is 0 Å². The summed E-state index contributed by atoms with van der Waals surface area (Å²) < 4.78 is 5.13. The molecule has 0 saturated carbocycles. The van der Waals surface area contributed by atoms with E-state index >= 15 is 0 Å². The van der Waals surface area contributed by atoms with Crippen LogP contribution in [-0.4, -0.2) is 18.9 Å². The van der Waals surface area contributed by atoms with Crippen LogP contribution in [-0.2, 0) is 0 Å². The van der Waals surface area contributed by atoms with E-state index in [0.29, 0.717) is 12.3 Å². The second-order valence-corrected chi connectivity index (χ2v) is 4.20. The van der Waals surface area contributed by atoms with Crippen LogP contribution < -0.4 is 4.90 Å². The largest absolute Gasteiger partial charge is 0.461 e. The van der Waals surface area contributed by atoms with Gasteiger partial charge in [0.05, 0.1) is 12.8 Å². The summed E-state index contributed by atoms with van der Waals surface area (Å²) in [6, 6.07) is 11.5. The van der Waals surface area contributed by atoms with Gasteiger partial charge in [0.2, 0.25) is 5.78 Å². The van der Waals surface area contributed by atoms with Gasteiger partial charge in [0.25, 0.3) is 0 Å². The zero-order valence-corrected chi connectivity index (χ0v) is 10.7. The van der Waals surface area contributed by atoms with Crippen molar-refractivity contribution in [3.8, 4) is 0 Å². The topological polar surface area (TPSA) is 33.5 Å². The first kappa shape index (κ1) is 12.4. The number of furan rings is 1. The molecule has 94 valence electrons. The van der Waals surface area contributed by atoms with E-state index in [-0.39, 0.29) is 5.78 Å². The van der Waals surface area contributed by atoms with E-state index < -0.39 is 0 Å². The number of carbonyl (C=O) groups is 1. The SMILES string of the molecule is CCN(CC(=O)c1ccco1)c1ccccc1C. The Kier molecular flexibility index (Phi) is 3.82. The molecule has 0 saturated heterocycles. The first-order valence-corrected chi connectivity index (χ1v) is 6.09. The van der Waals surface area contributed by atoms with Crippen LogP contribution in [0.3, 0.4) is 0 Å². The van der Waals surface area contributed by atoms with Crippen LogP contribution in [0.2, 0.25) is 0 Å². The van der Waals surface area contributed by atoms with Gasteiger partial charge in [-0.1, -0.05) is 18.2 Å². The van der Waals surface area contributed by atoms with Crippen molar-refractivity contribution in [1.29, 1.82) is 0 Å². The number of hydrogen-bond donors (Lipinski definition) is 0. The highest BCUT2D eigenvalue weighted by Crippen LogP contribution is 2.19. The van der Waals surface area contributed by atoms with Gasteiger partial charge in [-0.3, -0.25) is 4.79 Å². The molecule has 0 radical (unpaired) electrons. The van der Waals surface area contributed by atoms with Gasteiger partial charge in [0.15, 0.2) is 5.76 Å². The molecule has 1 heterocycles. The molecule has 0 N–H and O–H groups in total. The van der Waals surface area contributed by atoms with Gasteiger partial charge in [0, 0.05) is 12.2 Å². The molecule has 0 amide bonds. The molecular weight excluding hydrogens is 226 g/mol. The number of anilines is 1. The lowest BCUT2D eigenvalue weighted by atomic mass is 10.1. The average molecular weight is 243 g/mol. The number of Topliss-reactive ketones (excluding diaryl/α,β-unsaturated/α-hetero) is 1. The Morgan fingerprint density at radius 2 is 2.00 bits per heavy atom. The van der Waals surface area contributed by atoms with Crippen LogP contribution in [0, 0.1) is 6.92 Å². The van der Waals surface area contributed by atoms with Crippen molar-refractivity contribution in [2.45, 2.75) is 13.8 Å². The summed E-state index contributed by atoms with van der Waals surface area (Å²) in [4.78, 5) is 14.1. The molecule has 0 aliphatic rings. The minimum absolute atomic E-state index is 0.00473. The Labute approximate surface area is 107 Å². The van der Waals surface area contributed by atoms with Crippen molar-refractivity contribution in [2.24, 2.45) is 0 Å². The molecule has 2 rings (SSSR count). The molecule has 0 bridgehead atoms. The van der Waals surface area contributed by atoms with E-state index in [9.17, 15) is 4.79 Å². The standard InChI is InChI=1S/C15H17NO2/c1-3-16(13-8-5-4-7-12(13)2)11-14(17)15-9-6-10-18-15/h4-10H,3,11H2,1-2H3. The van der Waals surface area contributed by atoms with Crippen molar-refractivity contribution >= 4 is 11.5 Å². The van der Waals surface area contributed by atoms with Crippen LogP contribution in [0.15, 0.2) is 47.1 Å². The number of aryl methyl sites for hydroxylation is 1. The molecule has 0 aliphatic heterocycles. The second-order valence-electron chi connectivity index (χ2n) is 4.20. The number of likely N-dealkylation sites (N-methyl/N-ethyl adjacent to an activating group) is 1. The third-order valence-corrected chi connectivity index (χ3v) is 2.97. The monoisotopic (exact) mass is 243 g/mol. The number of para-hydroxylation sites is 1. The van der Waals surface area contributed by atoms with E-state index in [1.165, 1.54) is 11.8 Å². The maximum absolute atomic E-state index is 12.0. The number of benzene rings is 1. The first-order valence-electron chi connectivity index (χ1n) is 6.09. The summed E-state index contributed by atoms with van der Waals surface area (Å²) in [5.41, 5.74) is 2.27. The number of carbonyl (C=O) groups excluding carboxylic acids is 1. The lowest BCUT2D eigenvalue weighted by Gasteiger charge is -2.23. The van der Waals surface area contributed by atoms with E-state index in [2.05, 4.69) is 17.9 Å². The van der Waals surface area contributed by atoms with Gasteiger partial charge >= 0.3 is 0 Å². The molecule has 0 spiro atoms. The molecule has 3 heteroatoms. The van der Waals surface area contributed by atoms with Crippen molar-refractivity contribution in [2.75, 3.05) is 18.0 Å². The lowest BCUT2D eigenvalue weighted by Crippen LogP contribution is -2.30. The summed E-state index contributed by atoms with van der Waals surface area (Å²) in [6.07, 6.45) is 1.53.